The first-order chi connectivity index (χ1) is 16.6. The molecule has 1 aromatic heterocycles. The quantitative estimate of drug-likeness (QED) is 0.498. The third kappa shape index (κ3) is 7.12. The Bertz CT molecular complexity index is 1260. The van der Waals surface area contributed by atoms with Crippen molar-refractivity contribution in [2.75, 3.05) is 58.0 Å². The van der Waals surface area contributed by atoms with Gasteiger partial charge in [-0.3, -0.25) is 9.59 Å². The Morgan fingerprint density at radius 3 is 2.43 bits per heavy atom. The van der Waals surface area contributed by atoms with Crippen molar-refractivity contribution in [2.24, 2.45) is 4.99 Å². The molecule has 0 spiro atoms. The number of aromatic nitrogens is 1. The van der Waals surface area contributed by atoms with Crippen LogP contribution >= 0.6 is 11.3 Å². The van der Waals surface area contributed by atoms with E-state index in [2.05, 4.69) is 4.99 Å². The number of sulfone groups is 1. The summed E-state index contributed by atoms with van der Waals surface area (Å²) in [6.45, 7) is 5.68. The number of fused-ring (bicyclic) bond motifs is 1. The average Bonchev–Trinajstić information content (AvgIpc) is 3.12. The van der Waals surface area contributed by atoms with E-state index in [1.54, 1.807) is 14.0 Å². The van der Waals surface area contributed by atoms with Crippen LogP contribution in [0.5, 0.6) is 0 Å². The fourth-order valence-electron chi connectivity index (χ4n) is 3.68. The van der Waals surface area contributed by atoms with Crippen LogP contribution in [-0.4, -0.2) is 98.7 Å². The van der Waals surface area contributed by atoms with Crippen molar-refractivity contribution < 1.29 is 32.3 Å². The Kier molecular flexibility index (Phi) is 9.03. The van der Waals surface area contributed by atoms with E-state index in [-0.39, 0.29) is 32.8 Å². The molecule has 0 bridgehead atoms. The number of hydrogen-bond donors (Lipinski definition) is 0. The molecular formula is C22H30N4O7S2. The molecule has 3 rings (SSSR count). The zero-order chi connectivity index (χ0) is 25.6. The molecule has 1 aliphatic heterocycles. The lowest BCUT2D eigenvalue weighted by atomic mass is 10.2. The highest BCUT2D eigenvalue weighted by molar-refractivity contribution is 7.92. The molecule has 11 nitrogen and oxygen atoms in total. The number of amides is 3. The van der Waals surface area contributed by atoms with E-state index in [9.17, 15) is 22.8 Å². The summed E-state index contributed by atoms with van der Waals surface area (Å²) >= 11 is 1.29. The number of ether oxygens (including phenoxy) is 2. The molecule has 2 heterocycles. The maximum atomic E-state index is 12.6. The summed E-state index contributed by atoms with van der Waals surface area (Å²) in [7, 11) is -2.45. The first kappa shape index (κ1) is 26.8. The topological polar surface area (TPSA) is 128 Å². The van der Waals surface area contributed by atoms with Crippen molar-refractivity contribution in [3.05, 3.63) is 28.6 Å². The second-order valence-electron chi connectivity index (χ2n) is 8.10. The van der Waals surface area contributed by atoms with Crippen LogP contribution in [-0.2, 0) is 35.4 Å². The van der Waals surface area contributed by atoms with Crippen molar-refractivity contribution >= 4 is 49.3 Å². The van der Waals surface area contributed by atoms with Gasteiger partial charge in [0, 0.05) is 39.8 Å². The minimum absolute atomic E-state index is 0.201. The highest BCUT2D eigenvalue weighted by Crippen LogP contribution is 2.19. The number of nitrogens with zero attached hydrogens (tertiary/aromatic N) is 4. The number of thiazole rings is 1. The number of rotatable bonds is 8. The van der Waals surface area contributed by atoms with Gasteiger partial charge in [0.1, 0.15) is 11.5 Å². The fourth-order valence-corrected chi connectivity index (χ4v) is 5.95. The number of benzene rings is 1. The smallest absolute Gasteiger partial charge is 0.409 e. The van der Waals surface area contributed by atoms with Crippen LogP contribution in [0.1, 0.15) is 12.5 Å². The van der Waals surface area contributed by atoms with Gasteiger partial charge in [-0.15, -0.1) is 0 Å². The van der Waals surface area contributed by atoms with Crippen LogP contribution < -0.4 is 4.80 Å². The molecule has 0 unspecified atom stereocenters. The highest BCUT2D eigenvalue weighted by Gasteiger charge is 2.28. The molecule has 0 aliphatic carbocycles. The third-order valence-electron chi connectivity index (χ3n) is 5.42. The summed E-state index contributed by atoms with van der Waals surface area (Å²) in [6.07, 6.45) is -0.460. The molecule has 1 aromatic carbocycles. The first-order valence-corrected chi connectivity index (χ1v) is 13.8. The Balaban J connectivity index is 1.67. The van der Waals surface area contributed by atoms with E-state index in [1.165, 1.54) is 21.1 Å². The summed E-state index contributed by atoms with van der Waals surface area (Å²) in [4.78, 5) is 44.2. The predicted octanol–water partition coefficient (Wildman–Crippen LogP) is 0.800. The van der Waals surface area contributed by atoms with Gasteiger partial charge in [0.2, 0.25) is 5.91 Å². The first-order valence-electron chi connectivity index (χ1n) is 11.2. The van der Waals surface area contributed by atoms with Crippen LogP contribution in [0.4, 0.5) is 4.79 Å². The van der Waals surface area contributed by atoms with Gasteiger partial charge >= 0.3 is 6.09 Å². The van der Waals surface area contributed by atoms with Gasteiger partial charge < -0.3 is 23.8 Å². The van der Waals surface area contributed by atoms with Crippen molar-refractivity contribution in [3.63, 3.8) is 0 Å². The minimum atomic E-state index is -4.02. The zero-order valence-electron chi connectivity index (χ0n) is 20.1. The third-order valence-corrected chi connectivity index (χ3v) is 7.84. The molecule has 1 fully saturated rings. The second-order valence-corrected chi connectivity index (χ2v) is 11.2. The summed E-state index contributed by atoms with van der Waals surface area (Å²) in [5.74, 6) is -3.09. The lowest BCUT2D eigenvalue weighted by Gasteiger charge is -2.34. The molecule has 0 saturated carbocycles. The number of methoxy groups -OCH3 is 1. The predicted molar refractivity (Wildman–Crippen MR) is 131 cm³/mol. The molecule has 0 atom stereocenters. The normalized spacial score (nSPS) is 15.0. The van der Waals surface area contributed by atoms with Crippen molar-refractivity contribution in [1.82, 2.24) is 14.4 Å². The molecule has 0 radical (unpaired) electrons. The van der Waals surface area contributed by atoms with Crippen molar-refractivity contribution in [1.29, 1.82) is 0 Å². The number of aryl methyl sites for hydroxylation is 1. The monoisotopic (exact) mass is 526 g/mol. The summed E-state index contributed by atoms with van der Waals surface area (Å²) in [5, 5.41) is 0. The van der Waals surface area contributed by atoms with Crippen LogP contribution in [0.2, 0.25) is 0 Å². The zero-order valence-corrected chi connectivity index (χ0v) is 21.7. The number of carbonyl (C=O) groups excluding carboxylic acids is 3. The van der Waals surface area contributed by atoms with E-state index in [0.717, 1.165) is 15.8 Å². The van der Waals surface area contributed by atoms with Crippen molar-refractivity contribution in [2.45, 2.75) is 20.4 Å². The molecule has 13 heteroatoms. The molecule has 1 aliphatic rings. The van der Waals surface area contributed by atoms with E-state index in [0.29, 0.717) is 18.0 Å². The van der Waals surface area contributed by atoms with Crippen LogP contribution in [0.25, 0.3) is 10.2 Å². The van der Waals surface area contributed by atoms with Gasteiger partial charge in [0.25, 0.3) is 5.91 Å². The maximum Gasteiger partial charge on any atom is 0.409 e. The van der Waals surface area contributed by atoms with Crippen LogP contribution in [0.3, 0.4) is 0 Å². The molecule has 0 N–H and O–H groups in total. The number of piperazine rings is 1. The van der Waals surface area contributed by atoms with Crippen LogP contribution in [0, 0.1) is 6.92 Å². The lowest BCUT2D eigenvalue weighted by Crippen LogP contribution is -2.52. The SMILES string of the molecule is CCOC(=O)N1CCN(C(=O)CS(=O)(=O)CC(=O)N=c2sc3cc(C)ccc3n2CCOC)CC1. The highest BCUT2D eigenvalue weighted by atomic mass is 32.2. The average molecular weight is 527 g/mol. The van der Waals surface area contributed by atoms with Gasteiger partial charge in [0.15, 0.2) is 14.6 Å². The molecule has 35 heavy (non-hydrogen) atoms. The summed E-state index contributed by atoms with van der Waals surface area (Å²) < 4.78 is 38.0. The standard InChI is InChI=1S/C22H30N4O7S2/c1-4-33-22(29)25-9-7-24(8-10-25)20(28)15-35(30,31)14-19(27)23-21-26(11-12-32-3)17-6-5-16(2)13-18(17)34-21/h5-6,13H,4,7-12,14-15H2,1-3H3. The lowest BCUT2D eigenvalue weighted by molar-refractivity contribution is -0.130. The largest absolute Gasteiger partial charge is 0.450 e. The second kappa shape index (κ2) is 11.8. The number of carbonyl (C=O) groups is 3. The number of hydrogen-bond acceptors (Lipinski definition) is 8. The molecule has 2 aromatic rings. The molecule has 1 saturated heterocycles. The van der Waals surface area contributed by atoms with Gasteiger partial charge in [0.05, 0.1) is 23.4 Å². The van der Waals surface area contributed by atoms with E-state index < -0.39 is 39.3 Å². The fraction of sp³-hybridized carbons (Fsp3) is 0.545. The maximum absolute atomic E-state index is 12.6. The van der Waals surface area contributed by atoms with E-state index >= 15 is 0 Å². The molecular weight excluding hydrogens is 496 g/mol. The van der Waals surface area contributed by atoms with Gasteiger partial charge in [-0.2, -0.15) is 4.99 Å². The Morgan fingerprint density at radius 1 is 1.09 bits per heavy atom. The van der Waals surface area contributed by atoms with Gasteiger partial charge in [-0.25, -0.2) is 13.2 Å². The van der Waals surface area contributed by atoms with E-state index in [4.69, 9.17) is 9.47 Å². The summed E-state index contributed by atoms with van der Waals surface area (Å²) in [5.41, 5.74) is 1.93. The Labute approximate surface area is 207 Å². The Morgan fingerprint density at radius 2 is 1.77 bits per heavy atom. The van der Waals surface area contributed by atoms with Gasteiger partial charge in [-0.05, 0) is 31.5 Å². The molecule has 3 amide bonds. The van der Waals surface area contributed by atoms with E-state index in [1.807, 2.05) is 29.7 Å². The van der Waals surface area contributed by atoms with Gasteiger partial charge in [-0.1, -0.05) is 17.4 Å². The Hall–Kier alpha value is -2.77. The van der Waals surface area contributed by atoms with Crippen LogP contribution in [0.15, 0.2) is 23.2 Å². The van der Waals surface area contributed by atoms with Crippen molar-refractivity contribution in [3.8, 4) is 0 Å². The molecule has 192 valence electrons. The minimum Gasteiger partial charge on any atom is -0.450 e. The summed E-state index contributed by atoms with van der Waals surface area (Å²) in [6, 6.07) is 5.86.